The minimum Gasteiger partial charge on any atom is -0.494 e. The van der Waals surface area contributed by atoms with Crippen molar-refractivity contribution in [3.63, 3.8) is 0 Å². The number of benzene rings is 1. The summed E-state index contributed by atoms with van der Waals surface area (Å²) < 4.78 is 56.9. The van der Waals surface area contributed by atoms with Gasteiger partial charge < -0.3 is 20.7 Å². The van der Waals surface area contributed by atoms with Crippen molar-refractivity contribution in [2.45, 2.75) is 26.1 Å². The van der Waals surface area contributed by atoms with Crippen molar-refractivity contribution in [1.29, 1.82) is 0 Å². The first kappa shape index (κ1) is 23.2. The number of anilines is 1. The normalized spacial score (nSPS) is 13.0. The topological polar surface area (TPSA) is 83.5 Å². The van der Waals surface area contributed by atoms with Gasteiger partial charge in [0, 0.05) is 19.3 Å². The predicted octanol–water partition coefficient (Wildman–Crippen LogP) is 3.37. The molecule has 1 aromatic carbocycles. The van der Waals surface area contributed by atoms with Gasteiger partial charge in [-0.1, -0.05) is 6.07 Å². The van der Waals surface area contributed by atoms with Crippen LogP contribution in [0.4, 0.5) is 23.5 Å². The van der Waals surface area contributed by atoms with Gasteiger partial charge in [-0.15, -0.1) is 0 Å². The molecule has 2 aromatic rings. The van der Waals surface area contributed by atoms with Gasteiger partial charge in [0.25, 0.3) is 0 Å². The Labute approximate surface area is 172 Å². The number of nitrogens with zero attached hydrogens (tertiary/aromatic N) is 3. The average Bonchev–Trinajstić information content (AvgIpc) is 2.70. The number of aromatic nitrogens is 2. The summed E-state index contributed by atoms with van der Waals surface area (Å²) in [6.45, 7) is 4.81. The van der Waals surface area contributed by atoms with E-state index in [0.29, 0.717) is 18.1 Å². The number of alkyl halides is 3. The fourth-order valence-corrected chi connectivity index (χ4v) is 2.50. The zero-order valence-corrected chi connectivity index (χ0v) is 16.8. The Morgan fingerprint density at radius 3 is 2.67 bits per heavy atom. The Hall–Kier alpha value is -3.11. The van der Waals surface area contributed by atoms with E-state index in [-0.39, 0.29) is 30.8 Å². The molecule has 2 rings (SSSR count). The summed E-state index contributed by atoms with van der Waals surface area (Å²) >= 11 is 0. The lowest BCUT2D eigenvalue weighted by atomic mass is 10.1. The molecule has 3 N–H and O–H groups in total. The predicted molar refractivity (Wildman–Crippen MR) is 106 cm³/mol. The van der Waals surface area contributed by atoms with Crippen LogP contribution in [0.5, 0.6) is 5.75 Å². The van der Waals surface area contributed by atoms with Crippen LogP contribution in [0.1, 0.15) is 31.1 Å². The summed E-state index contributed by atoms with van der Waals surface area (Å²) in [4.78, 5) is 11.6. The van der Waals surface area contributed by atoms with Crippen LogP contribution >= 0.6 is 0 Å². The van der Waals surface area contributed by atoms with E-state index in [2.05, 4.69) is 30.9 Å². The van der Waals surface area contributed by atoms with E-state index < -0.39 is 17.7 Å². The largest absolute Gasteiger partial charge is 0.494 e. The van der Waals surface area contributed by atoms with Crippen molar-refractivity contribution in [2.24, 2.45) is 4.99 Å². The highest BCUT2D eigenvalue weighted by molar-refractivity contribution is 5.80. The van der Waals surface area contributed by atoms with Crippen molar-refractivity contribution < 1.29 is 22.3 Å². The molecule has 11 heteroatoms. The number of hydrogen-bond acceptors (Lipinski definition) is 5. The molecule has 0 spiro atoms. The maximum atomic E-state index is 13.9. The summed E-state index contributed by atoms with van der Waals surface area (Å²) in [5.41, 5.74) is -0.312. The van der Waals surface area contributed by atoms with Crippen molar-refractivity contribution in [3.8, 4) is 5.75 Å². The molecule has 1 atom stereocenters. The number of guanidine groups is 1. The van der Waals surface area contributed by atoms with Gasteiger partial charge >= 0.3 is 6.18 Å². The van der Waals surface area contributed by atoms with E-state index in [4.69, 9.17) is 4.74 Å². The van der Waals surface area contributed by atoms with Crippen LogP contribution in [0.2, 0.25) is 0 Å². The number of methoxy groups -OCH3 is 1. The Balaban J connectivity index is 1.95. The third-order valence-electron chi connectivity index (χ3n) is 3.98. The second kappa shape index (κ2) is 10.6. The standard InChI is InChI=1S/C19H24F4N6O/c1-4-24-17(28-12(2)13-5-6-15(30-3)14(20)11-13)26-9-10-27-18-25-8-7-16(29-18)19(21,22)23/h5-8,11-12H,4,9-10H2,1-3H3,(H2,24,26,28)(H,25,27,29). The minimum absolute atomic E-state index is 0.125. The van der Waals surface area contributed by atoms with Crippen LogP contribution in [-0.4, -0.2) is 42.7 Å². The molecule has 30 heavy (non-hydrogen) atoms. The Morgan fingerprint density at radius 1 is 1.27 bits per heavy atom. The summed E-state index contributed by atoms with van der Waals surface area (Å²) in [5, 5.41) is 8.92. The molecule has 0 saturated heterocycles. The molecule has 1 unspecified atom stereocenters. The second-order valence-electron chi connectivity index (χ2n) is 6.21. The third kappa shape index (κ3) is 6.75. The van der Waals surface area contributed by atoms with Gasteiger partial charge in [-0.2, -0.15) is 13.2 Å². The first-order valence-corrected chi connectivity index (χ1v) is 9.27. The highest BCUT2D eigenvalue weighted by Gasteiger charge is 2.32. The zero-order valence-electron chi connectivity index (χ0n) is 16.8. The van der Waals surface area contributed by atoms with Crippen LogP contribution < -0.4 is 20.7 Å². The summed E-state index contributed by atoms with van der Waals surface area (Å²) in [7, 11) is 1.40. The molecule has 1 heterocycles. The molecule has 164 valence electrons. The molecule has 0 radical (unpaired) electrons. The third-order valence-corrected chi connectivity index (χ3v) is 3.98. The van der Waals surface area contributed by atoms with Crippen LogP contribution in [0.15, 0.2) is 35.5 Å². The molecular weight excluding hydrogens is 404 g/mol. The van der Waals surface area contributed by atoms with Gasteiger partial charge in [-0.05, 0) is 37.6 Å². The van der Waals surface area contributed by atoms with Crippen molar-refractivity contribution in [2.75, 3.05) is 32.1 Å². The number of halogens is 4. The smallest absolute Gasteiger partial charge is 0.433 e. The van der Waals surface area contributed by atoms with Gasteiger partial charge in [-0.3, -0.25) is 4.99 Å². The molecule has 0 aliphatic carbocycles. The van der Waals surface area contributed by atoms with E-state index in [0.717, 1.165) is 12.3 Å². The van der Waals surface area contributed by atoms with E-state index in [1.807, 2.05) is 13.8 Å². The van der Waals surface area contributed by atoms with Gasteiger partial charge in [0.15, 0.2) is 17.5 Å². The lowest BCUT2D eigenvalue weighted by molar-refractivity contribution is -0.141. The SMILES string of the molecule is CCNC(=NCCNc1nccc(C(F)(F)F)n1)NC(C)c1ccc(OC)c(F)c1. The Kier molecular flexibility index (Phi) is 8.19. The number of ether oxygens (including phenoxy) is 1. The quantitative estimate of drug-likeness (QED) is 0.259. The summed E-state index contributed by atoms with van der Waals surface area (Å²) in [6.07, 6.45) is -3.49. The second-order valence-corrected chi connectivity index (χ2v) is 6.21. The maximum Gasteiger partial charge on any atom is 0.433 e. The molecule has 0 aliphatic heterocycles. The first-order chi connectivity index (χ1) is 14.2. The molecule has 0 amide bonds. The molecule has 0 bridgehead atoms. The summed E-state index contributed by atoms with van der Waals surface area (Å²) in [5.74, 6) is 0.0540. The zero-order chi connectivity index (χ0) is 22.1. The maximum absolute atomic E-state index is 13.9. The van der Waals surface area contributed by atoms with E-state index in [1.165, 1.54) is 13.2 Å². The van der Waals surface area contributed by atoms with Gasteiger partial charge in [0.1, 0.15) is 5.69 Å². The lowest BCUT2D eigenvalue weighted by Crippen LogP contribution is -2.39. The van der Waals surface area contributed by atoms with Crippen molar-refractivity contribution in [1.82, 2.24) is 20.6 Å². The number of rotatable bonds is 8. The minimum atomic E-state index is -4.53. The number of aliphatic imine (C=N–C) groups is 1. The highest BCUT2D eigenvalue weighted by atomic mass is 19.4. The molecular formula is C19H24F4N6O. The fourth-order valence-electron chi connectivity index (χ4n) is 2.50. The molecule has 0 aliphatic rings. The molecule has 7 nitrogen and oxygen atoms in total. The van der Waals surface area contributed by atoms with Crippen molar-refractivity contribution >= 4 is 11.9 Å². The van der Waals surface area contributed by atoms with E-state index in [9.17, 15) is 17.6 Å². The van der Waals surface area contributed by atoms with Crippen molar-refractivity contribution in [3.05, 3.63) is 47.5 Å². The van der Waals surface area contributed by atoms with E-state index >= 15 is 0 Å². The molecule has 0 fully saturated rings. The number of nitrogens with one attached hydrogen (secondary N) is 3. The molecule has 0 saturated carbocycles. The number of hydrogen-bond donors (Lipinski definition) is 3. The van der Waals surface area contributed by atoms with Gasteiger partial charge in [0.05, 0.1) is 19.7 Å². The average molecular weight is 428 g/mol. The van der Waals surface area contributed by atoms with Gasteiger partial charge in [-0.25, -0.2) is 14.4 Å². The summed E-state index contributed by atoms with van der Waals surface area (Å²) in [6, 6.07) is 5.23. The van der Waals surface area contributed by atoms with Crippen LogP contribution in [0.25, 0.3) is 0 Å². The van der Waals surface area contributed by atoms with Gasteiger partial charge in [0.2, 0.25) is 5.95 Å². The Bertz CT molecular complexity index is 859. The van der Waals surface area contributed by atoms with Crippen LogP contribution in [0.3, 0.4) is 0 Å². The van der Waals surface area contributed by atoms with Crippen LogP contribution in [-0.2, 0) is 6.18 Å². The Morgan fingerprint density at radius 2 is 2.03 bits per heavy atom. The lowest BCUT2D eigenvalue weighted by Gasteiger charge is -2.18. The highest BCUT2D eigenvalue weighted by Crippen LogP contribution is 2.27. The molecule has 1 aromatic heterocycles. The monoisotopic (exact) mass is 428 g/mol. The first-order valence-electron chi connectivity index (χ1n) is 9.27. The van der Waals surface area contributed by atoms with E-state index in [1.54, 1.807) is 12.1 Å². The fraction of sp³-hybridized carbons (Fsp3) is 0.421. The van der Waals surface area contributed by atoms with Crippen LogP contribution in [0, 0.1) is 5.82 Å².